The van der Waals surface area contributed by atoms with Gasteiger partial charge in [-0.05, 0) is 69.1 Å². The molecule has 1 nitrogen and oxygen atoms in total. The van der Waals surface area contributed by atoms with E-state index in [0.717, 1.165) is 17.6 Å². The van der Waals surface area contributed by atoms with E-state index in [9.17, 15) is 0 Å². The van der Waals surface area contributed by atoms with Crippen LogP contribution in [0.3, 0.4) is 0 Å². The molecule has 35 heavy (non-hydrogen) atoms. The highest BCUT2D eigenvalue weighted by Crippen LogP contribution is 2.48. The lowest BCUT2D eigenvalue weighted by molar-refractivity contribution is 0.659. The third-order valence-corrected chi connectivity index (χ3v) is 7.70. The van der Waals surface area contributed by atoms with Gasteiger partial charge < -0.3 is 4.42 Å². The van der Waals surface area contributed by atoms with E-state index in [1.807, 2.05) is 12.1 Å². The molecule has 7 rings (SSSR count). The smallest absolute Gasteiger partial charge is 0.136 e. The van der Waals surface area contributed by atoms with Gasteiger partial charge in [-0.1, -0.05) is 105 Å². The lowest BCUT2D eigenvalue weighted by Gasteiger charge is -2.22. The molecule has 0 radical (unpaired) electrons. The highest BCUT2D eigenvalue weighted by Gasteiger charge is 2.35. The predicted molar refractivity (Wildman–Crippen MR) is 146 cm³/mol. The second-order valence-corrected chi connectivity index (χ2v) is 10.2. The van der Waals surface area contributed by atoms with Crippen LogP contribution in [0.5, 0.6) is 0 Å². The van der Waals surface area contributed by atoms with Gasteiger partial charge in [-0.3, -0.25) is 0 Å². The van der Waals surface area contributed by atoms with Crippen LogP contribution in [0.4, 0.5) is 0 Å². The maximum atomic E-state index is 6.13. The molecular formula is C34H26O. The molecule has 6 aromatic rings. The van der Waals surface area contributed by atoms with Crippen molar-refractivity contribution in [3.63, 3.8) is 0 Å². The van der Waals surface area contributed by atoms with Crippen LogP contribution in [0.25, 0.3) is 44.2 Å². The van der Waals surface area contributed by atoms with Crippen LogP contribution < -0.4 is 0 Å². The molecule has 1 heteroatoms. The van der Waals surface area contributed by atoms with Gasteiger partial charge in [-0.2, -0.15) is 0 Å². The zero-order valence-corrected chi connectivity index (χ0v) is 20.0. The largest absolute Gasteiger partial charge is 0.456 e. The normalized spacial score (nSPS) is 13.8. The number of hydrogen-bond acceptors (Lipinski definition) is 1. The van der Waals surface area contributed by atoms with Crippen molar-refractivity contribution in [2.24, 2.45) is 0 Å². The molecule has 0 spiro atoms. The van der Waals surface area contributed by atoms with Crippen LogP contribution >= 0.6 is 0 Å². The molecule has 0 fully saturated rings. The Morgan fingerprint density at radius 1 is 0.543 bits per heavy atom. The second kappa shape index (κ2) is 7.45. The monoisotopic (exact) mass is 450 g/mol. The fourth-order valence-corrected chi connectivity index (χ4v) is 5.86. The van der Waals surface area contributed by atoms with Crippen molar-refractivity contribution in [2.45, 2.75) is 25.7 Å². The van der Waals surface area contributed by atoms with E-state index in [1.54, 1.807) is 0 Å². The van der Waals surface area contributed by atoms with Crippen LogP contribution in [-0.2, 0) is 11.8 Å². The summed E-state index contributed by atoms with van der Waals surface area (Å²) < 4.78 is 6.13. The Labute approximate surface area is 205 Å². The van der Waals surface area contributed by atoms with E-state index in [1.165, 1.54) is 55.3 Å². The summed E-state index contributed by atoms with van der Waals surface area (Å²) in [7, 11) is 0. The second-order valence-electron chi connectivity index (χ2n) is 10.2. The average molecular weight is 451 g/mol. The molecule has 0 atom stereocenters. The highest BCUT2D eigenvalue weighted by atomic mass is 16.3. The molecule has 1 aliphatic rings. The Balaban J connectivity index is 1.23. The third kappa shape index (κ3) is 3.15. The summed E-state index contributed by atoms with van der Waals surface area (Å²) in [6.07, 6.45) is 0.917. The third-order valence-electron chi connectivity index (χ3n) is 7.70. The Bertz CT molecular complexity index is 1750. The summed E-state index contributed by atoms with van der Waals surface area (Å²) in [5.41, 5.74) is 12.6. The summed E-state index contributed by atoms with van der Waals surface area (Å²) in [5, 5.41) is 2.34. The van der Waals surface area contributed by atoms with Gasteiger partial charge in [0.25, 0.3) is 0 Å². The molecule has 0 saturated heterocycles. The summed E-state index contributed by atoms with van der Waals surface area (Å²) in [5.74, 6) is 0. The van der Waals surface area contributed by atoms with E-state index >= 15 is 0 Å². The number of furan rings is 1. The first-order chi connectivity index (χ1) is 17.1. The minimum Gasteiger partial charge on any atom is -0.456 e. The maximum Gasteiger partial charge on any atom is 0.136 e. The molecule has 0 N–H and O–H groups in total. The summed E-state index contributed by atoms with van der Waals surface area (Å²) in [4.78, 5) is 0. The zero-order valence-electron chi connectivity index (χ0n) is 20.0. The number of para-hydroxylation sites is 1. The van der Waals surface area contributed by atoms with Crippen molar-refractivity contribution >= 4 is 21.9 Å². The first-order valence-electron chi connectivity index (χ1n) is 12.3. The van der Waals surface area contributed by atoms with Gasteiger partial charge in [-0.15, -0.1) is 0 Å². The van der Waals surface area contributed by atoms with Crippen LogP contribution in [0.1, 0.15) is 36.1 Å². The first kappa shape index (κ1) is 20.3. The van der Waals surface area contributed by atoms with Crippen molar-refractivity contribution in [2.75, 3.05) is 0 Å². The van der Waals surface area contributed by atoms with E-state index in [0.29, 0.717) is 0 Å². The quantitative estimate of drug-likeness (QED) is 0.262. The molecule has 0 saturated carbocycles. The maximum absolute atomic E-state index is 6.13. The summed E-state index contributed by atoms with van der Waals surface area (Å²) in [6.45, 7) is 4.69. The van der Waals surface area contributed by atoms with Crippen LogP contribution in [-0.4, -0.2) is 0 Å². The first-order valence-corrected chi connectivity index (χ1v) is 12.3. The minimum absolute atomic E-state index is 0.0335. The molecule has 5 aromatic carbocycles. The molecule has 0 amide bonds. The number of benzene rings is 5. The molecule has 168 valence electrons. The molecule has 0 unspecified atom stereocenters. The van der Waals surface area contributed by atoms with Gasteiger partial charge in [0.05, 0.1) is 0 Å². The van der Waals surface area contributed by atoms with E-state index < -0.39 is 0 Å². The molecule has 0 bridgehead atoms. The number of rotatable bonds is 3. The average Bonchev–Trinajstić information content (AvgIpc) is 3.36. The summed E-state index contributed by atoms with van der Waals surface area (Å²) >= 11 is 0. The van der Waals surface area contributed by atoms with Crippen molar-refractivity contribution < 1.29 is 4.42 Å². The molecule has 1 heterocycles. The lowest BCUT2D eigenvalue weighted by atomic mass is 9.81. The van der Waals surface area contributed by atoms with Crippen molar-refractivity contribution in [1.29, 1.82) is 0 Å². The minimum atomic E-state index is 0.0335. The number of hydrogen-bond donors (Lipinski definition) is 0. The molecule has 1 aromatic heterocycles. The molecule has 1 aliphatic carbocycles. The van der Waals surface area contributed by atoms with Crippen LogP contribution in [0, 0.1) is 0 Å². The van der Waals surface area contributed by atoms with Crippen LogP contribution in [0.2, 0.25) is 0 Å². The standard InChI is InChI=1S/C34H26O/c1-34(2)30-12-5-3-10-26(30)27-16-14-23(20-31(27)34)18-22-8-7-9-24(19-22)25-15-17-29-28-11-4-6-13-32(28)35-33(29)21-25/h3-17,19-21H,18H2,1-2H3. The van der Waals surface area contributed by atoms with Gasteiger partial charge in [-0.25, -0.2) is 0 Å². The predicted octanol–water partition coefficient (Wildman–Crippen LogP) is 9.15. The van der Waals surface area contributed by atoms with Crippen molar-refractivity contribution in [1.82, 2.24) is 0 Å². The SMILES string of the molecule is CC1(C)c2ccccc2-c2ccc(Cc3cccc(-c4ccc5c(c4)oc4ccccc45)c3)cc21. The molecular weight excluding hydrogens is 424 g/mol. The zero-order chi connectivity index (χ0) is 23.6. The van der Waals surface area contributed by atoms with Gasteiger partial charge in [0, 0.05) is 16.2 Å². The van der Waals surface area contributed by atoms with Gasteiger partial charge >= 0.3 is 0 Å². The van der Waals surface area contributed by atoms with E-state index in [-0.39, 0.29) is 5.41 Å². The Morgan fingerprint density at radius 3 is 2.23 bits per heavy atom. The number of fused-ring (bicyclic) bond motifs is 6. The van der Waals surface area contributed by atoms with E-state index in [2.05, 4.69) is 111 Å². The van der Waals surface area contributed by atoms with E-state index in [4.69, 9.17) is 4.42 Å². The van der Waals surface area contributed by atoms with Gasteiger partial charge in [0.2, 0.25) is 0 Å². The Hall–Kier alpha value is -4.10. The fraction of sp³-hybridized carbons (Fsp3) is 0.118. The van der Waals surface area contributed by atoms with Gasteiger partial charge in [0.1, 0.15) is 11.2 Å². The summed E-state index contributed by atoms with van der Waals surface area (Å²) in [6, 6.07) is 39.6. The topological polar surface area (TPSA) is 13.1 Å². The Morgan fingerprint density at radius 2 is 1.29 bits per heavy atom. The molecule has 0 aliphatic heterocycles. The van der Waals surface area contributed by atoms with Crippen molar-refractivity contribution in [3.8, 4) is 22.3 Å². The van der Waals surface area contributed by atoms with Gasteiger partial charge in [0.15, 0.2) is 0 Å². The van der Waals surface area contributed by atoms with Crippen molar-refractivity contribution in [3.05, 3.63) is 131 Å². The highest BCUT2D eigenvalue weighted by molar-refractivity contribution is 6.05. The van der Waals surface area contributed by atoms with Crippen LogP contribution in [0.15, 0.2) is 114 Å². The Kier molecular flexibility index (Phi) is 4.32. The fourth-order valence-electron chi connectivity index (χ4n) is 5.86. The lowest BCUT2D eigenvalue weighted by Crippen LogP contribution is -2.15.